The third-order valence-electron chi connectivity index (χ3n) is 3.04. The van der Waals surface area contributed by atoms with Gasteiger partial charge in [0.1, 0.15) is 13.2 Å². The van der Waals surface area contributed by atoms with Gasteiger partial charge in [-0.15, -0.1) is 12.3 Å². The molecule has 2 N–H and O–H groups in total. The molecule has 5 nitrogen and oxygen atoms in total. The van der Waals surface area contributed by atoms with Crippen molar-refractivity contribution in [3.05, 3.63) is 18.2 Å². The van der Waals surface area contributed by atoms with Crippen molar-refractivity contribution in [3.63, 3.8) is 0 Å². The molecule has 0 bridgehead atoms. The van der Waals surface area contributed by atoms with Crippen LogP contribution in [0.4, 0.5) is 5.69 Å². The van der Waals surface area contributed by atoms with E-state index in [9.17, 15) is 4.79 Å². The second-order valence-corrected chi connectivity index (χ2v) is 4.74. The number of hydrogen-bond donors (Lipinski definition) is 2. The van der Waals surface area contributed by atoms with Gasteiger partial charge in [-0.2, -0.15) is 0 Å². The first-order valence-electron chi connectivity index (χ1n) is 7.13. The predicted octanol–water partition coefficient (Wildman–Crippen LogP) is 1.79. The van der Waals surface area contributed by atoms with E-state index in [2.05, 4.69) is 16.6 Å². The summed E-state index contributed by atoms with van der Waals surface area (Å²) in [5.74, 6) is 3.90. The van der Waals surface area contributed by atoms with Crippen LogP contribution in [0.3, 0.4) is 0 Å². The van der Waals surface area contributed by atoms with Crippen LogP contribution in [0.25, 0.3) is 0 Å². The van der Waals surface area contributed by atoms with Crippen LogP contribution in [-0.4, -0.2) is 32.2 Å². The Hall–Kier alpha value is -2.19. The first-order chi connectivity index (χ1) is 10.3. The van der Waals surface area contributed by atoms with Gasteiger partial charge in [0.15, 0.2) is 11.5 Å². The molecule has 1 aliphatic rings. The van der Waals surface area contributed by atoms with E-state index >= 15 is 0 Å². The van der Waals surface area contributed by atoms with E-state index in [1.165, 1.54) is 0 Å². The maximum atomic E-state index is 11.8. The van der Waals surface area contributed by atoms with Gasteiger partial charge in [0.05, 0.1) is 6.54 Å². The van der Waals surface area contributed by atoms with Crippen LogP contribution in [0.1, 0.15) is 19.3 Å². The highest BCUT2D eigenvalue weighted by Gasteiger charge is 2.12. The summed E-state index contributed by atoms with van der Waals surface area (Å²) in [6, 6.07) is 5.38. The molecule has 112 valence electrons. The Labute approximate surface area is 125 Å². The molecule has 1 aromatic carbocycles. The van der Waals surface area contributed by atoms with E-state index in [0.717, 1.165) is 25.8 Å². The lowest BCUT2D eigenvalue weighted by Crippen LogP contribution is -2.28. The fourth-order valence-electron chi connectivity index (χ4n) is 2.01. The minimum Gasteiger partial charge on any atom is -0.486 e. The second kappa shape index (κ2) is 8.18. The lowest BCUT2D eigenvalue weighted by Gasteiger charge is -2.19. The van der Waals surface area contributed by atoms with Crippen molar-refractivity contribution in [2.45, 2.75) is 19.3 Å². The molecule has 0 aromatic heterocycles. The van der Waals surface area contributed by atoms with Crippen molar-refractivity contribution in [1.29, 1.82) is 0 Å². The molecule has 21 heavy (non-hydrogen) atoms. The Balaban J connectivity index is 1.71. The lowest BCUT2D eigenvalue weighted by molar-refractivity contribution is -0.115. The minimum atomic E-state index is -0.0800. The largest absolute Gasteiger partial charge is 0.486 e. The Kier molecular flexibility index (Phi) is 5.92. The Morgan fingerprint density at radius 3 is 2.86 bits per heavy atom. The molecule has 0 fully saturated rings. The minimum absolute atomic E-state index is 0.0800. The average molecular weight is 288 g/mol. The lowest BCUT2D eigenvalue weighted by atomic mass is 10.2. The number of nitrogens with one attached hydrogen (secondary N) is 2. The molecular weight excluding hydrogens is 268 g/mol. The summed E-state index contributed by atoms with van der Waals surface area (Å²) in [5.41, 5.74) is 0.707. The van der Waals surface area contributed by atoms with Gasteiger partial charge in [0, 0.05) is 18.2 Å². The van der Waals surface area contributed by atoms with Crippen LogP contribution in [0.5, 0.6) is 11.5 Å². The summed E-state index contributed by atoms with van der Waals surface area (Å²) in [6.07, 6.45) is 7.91. The van der Waals surface area contributed by atoms with Crippen molar-refractivity contribution in [3.8, 4) is 23.8 Å². The number of benzene rings is 1. The van der Waals surface area contributed by atoms with Gasteiger partial charge < -0.3 is 20.1 Å². The van der Waals surface area contributed by atoms with E-state index in [-0.39, 0.29) is 12.5 Å². The van der Waals surface area contributed by atoms with Crippen molar-refractivity contribution in [2.24, 2.45) is 0 Å². The van der Waals surface area contributed by atoms with E-state index in [1.54, 1.807) is 18.2 Å². The molecule has 0 atom stereocenters. The van der Waals surface area contributed by atoms with Gasteiger partial charge in [0.2, 0.25) is 5.91 Å². The highest BCUT2D eigenvalue weighted by molar-refractivity contribution is 5.92. The third kappa shape index (κ3) is 5.01. The number of amides is 1. The van der Waals surface area contributed by atoms with Crippen LogP contribution in [0, 0.1) is 12.3 Å². The molecule has 0 unspecified atom stereocenters. The van der Waals surface area contributed by atoms with Crippen molar-refractivity contribution < 1.29 is 14.3 Å². The highest BCUT2D eigenvalue weighted by atomic mass is 16.6. The van der Waals surface area contributed by atoms with Crippen LogP contribution in [-0.2, 0) is 4.79 Å². The maximum Gasteiger partial charge on any atom is 0.238 e. The number of ether oxygens (including phenoxy) is 2. The topological polar surface area (TPSA) is 59.6 Å². The number of carbonyl (C=O) groups excluding carboxylic acids is 1. The fraction of sp³-hybridized carbons (Fsp3) is 0.438. The van der Waals surface area contributed by atoms with E-state index in [4.69, 9.17) is 15.9 Å². The average Bonchev–Trinajstić information content (AvgIpc) is 2.50. The van der Waals surface area contributed by atoms with Crippen molar-refractivity contribution >= 4 is 11.6 Å². The molecule has 1 heterocycles. The molecule has 5 heteroatoms. The quantitative estimate of drug-likeness (QED) is 0.593. The van der Waals surface area contributed by atoms with Gasteiger partial charge in [-0.25, -0.2) is 0 Å². The predicted molar refractivity (Wildman–Crippen MR) is 81.6 cm³/mol. The van der Waals surface area contributed by atoms with E-state index in [1.807, 2.05) is 0 Å². The highest BCUT2D eigenvalue weighted by Crippen LogP contribution is 2.32. The molecular formula is C16H20N2O3. The molecule has 0 saturated heterocycles. The normalized spacial score (nSPS) is 12.5. The summed E-state index contributed by atoms with van der Waals surface area (Å²) in [4.78, 5) is 11.8. The standard InChI is InChI=1S/C16H20N2O3/c1-2-3-4-5-8-17-12-16(19)18-13-6-7-14-15(11-13)21-10-9-20-14/h1,6-7,11,17H,3-5,8-10,12H2,(H,18,19). The van der Waals surface area contributed by atoms with Gasteiger partial charge in [-0.05, 0) is 31.5 Å². The number of carbonyl (C=O) groups is 1. The van der Waals surface area contributed by atoms with Crippen LogP contribution in [0.2, 0.25) is 0 Å². The van der Waals surface area contributed by atoms with Gasteiger partial charge in [-0.3, -0.25) is 4.79 Å². The van der Waals surface area contributed by atoms with Crippen molar-refractivity contribution in [1.82, 2.24) is 5.32 Å². The zero-order chi connectivity index (χ0) is 14.9. The summed E-state index contributed by atoms with van der Waals surface area (Å²) >= 11 is 0. The van der Waals surface area contributed by atoms with Crippen LogP contribution < -0.4 is 20.1 Å². The summed E-state index contributed by atoms with van der Waals surface area (Å²) in [6.45, 7) is 2.16. The molecule has 0 radical (unpaired) electrons. The summed E-state index contributed by atoms with van der Waals surface area (Å²) < 4.78 is 10.9. The smallest absolute Gasteiger partial charge is 0.238 e. The third-order valence-corrected chi connectivity index (χ3v) is 3.04. The van der Waals surface area contributed by atoms with Gasteiger partial charge in [0.25, 0.3) is 0 Å². The molecule has 0 saturated carbocycles. The molecule has 2 rings (SSSR count). The van der Waals surface area contributed by atoms with Crippen molar-refractivity contribution in [2.75, 3.05) is 31.6 Å². The molecule has 1 amide bonds. The van der Waals surface area contributed by atoms with Crippen LogP contribution >= 0.6 is 0 Å². The number of terminal acetylenes is 1. The Morgan fingerprint density at radius 1 is 1.24 bits per heavy atom. The van der Waals surface area contributed by atoms with Crippen LogP contribution in [0.15, 0.2) is 18.2 Å². The maximum absolute atomic E-state index is 11.8. The number of anilines is 1. The molecule has 1 aliphatic heterocycles. The van der Waals surface area contributed by atoms with Gasteiger partial charge in [-0.1, -0.05) is 0 Å². The Morgan fingerprint density at radius 2 is 2.05 bits per heavy atom. The Bertz CT molecular complexity index is 523. The molecule has 0 spiro atoms. The number of fused-ring (bicyclic) bond motifs is 1. The van der Waals surface area contributed by atoms with E-state index in [0.29, 0.717) is 30.4 Å². The summed E-state index contributed by atoms with van der Waals surface area (Å²) in [5, 5.41) is 5.91. The zero-order valence-electron chi connectivity index (χ0n) is 12.0. The number of unbranched alkanes of at least 4 members (excludes halogenated alkanes) is 2. The van der Waals surface area contributed by atoms with Gasteiger partial charge >= 0.3 is 0 Å². The van der Waals surface area contributed by atoms with E-state index < -0.39 is 0 Å². The molecule has 1 aromatic rings. The zero-order valence-corrected chi connectivity index (χ0v) is 12.0. The fourth-order valence-corrected chi connectivity index (χ4v) is 2.01. The SMILES string of the molecule is C#CCCCCNCC(=O)Nc1ccc2c(c1)OCCO2. The monoisotopic (exact) mass is 288 g/mol. The number of hydrogen-bond acceptors (Lipinski definition) is 4. The second-order valence-electron chi connectivity index (χ2n) is 4.74. The first-order valence-corrected chi connectivity index (χ1v) is 7.13. The summed E-state index contributed by atoms with van der Waals surface area (Å²) in [7, 11) is 0. The first kappa shape index (κ1) is 15.2. The number of rotatable bonds is 7. The molecule has 0 aliphatic carbocycles.